The summed E-state index contributed by atoms with van der Waals surface area (Å²) in [5, 5.41) is 15.1. The summed E-state index contributed by atoms with van der Waals surface area (Å²) in [6.07, 6.45) is -5.76. The van der Waals surface area contributed by atoms with E-state index in [1.807, 2.05) is 0 Å². The van der Waals surface area contributed by atoms with Crippen LogP contribution in [-0.2, 0) is 15.2 Å². The predicted molar refractivity (Wildman–Crippen MR) is 140 cm³/mol. The van der Waals surface area contributed by atoms with E-state index in [-0.39, 0.29) is 40.0 Å². The topological polar surface area (TPSA) is 109 Å². The summed E-state index contributed by atoms with van der Waals surface area (Å²) in [5.41, 5.74) is -0.428. The fraction of sp³-hybridized carbons (Fsp3) is 0.385. The van der Waals surface area contributed by atoms with Crippen LogP contribution in [0.3, 0.4) is 0 Å². The van der Waals surface area contributed by atoms with Gasteiger partial charge in [0.1, 0.15) is 5.60 Å². The van der Waals surface area contributed by atoms with Crippen LogP contribution in [0, 0.1) is 6.92 Å². The van der Waals surface area contributed by atoms with Crippen LogP contribution in [0.5, 0.6) is 0 Å². The van der Waals surface area contributed by atoms with Gasteiger partial charge in [-0.15, -0.1) is 0 Å². The van der Waals surface area contributed by atoms with Crippen LogP contribution in [0.15, 0.2) is 42.5 Å². The molecular formula is C26H28Cl2F3N3O5. The van der Waals surface area contributed by atoms with Crippen molar-refractivity contribution in [2.45, 2.75) is 51.2 Å². The third-order valence-corrected chi connectivity index (χ3v) is 5.98. The molecule has 8 nitrogen and oxygen atoms in total. The van der Waals surface area contributed by atoms with Crippen LogP contribution in [0.4, 0.5) is 18.0 Å². The fourth-order valence-corrected chi connectivity index (χ4v) is 4.26. The van der Waals surface area contributed by atoms with E-state index in [4.69, 9.17) is 32.8 Å². The second-order valence-corrected chi connectivity index (χ2v) is 10.8. The summed E-state index contributed by atoms with van der Waals surface area (Å²) in [6.45, 7) is 6.41. The minimum Gasteiger partial charge on any atom is -0.444 e. The number of nitrogens with one attached hydrogen (secondary N) is 3. The lowest BCUT2D eigenvalue weighted by molar-refractivity contribution is -0.269. The lowest BCUT2D eigenvalue weighted by Gasteiger charge is -2.28. The van der Waals surface area contributed by atoms with Crippen molar-refractivity contribution in [3.63, 3.8) is 0 Å². The SMILES string of the molecule is Cc1cc(C2=CC(c3cc(Cl)cc(Cl)c3)(C(F)(F)F)ON2)ccc1C(=O)NCC(O)CNC(=O)OC(C)(C)C. The predicted octanol–water partition coefficient (Wildman–Crippen LogP) is 5.25. The Bertz CT molecular complexity index is 1260. The molecule has 2 unspecified atom stereocenters. The fourth-order valence-electron chi connectivity index (χ4n) is 3.73. The molecule has 0 radical (unpaired) electrons. The van der Waals surface area contributed by atoms with Gasteiger partial charge in [-0.25, -0.2) is 4.79 Å². The zero-order chi connectivity index (χ0) is 29.2. The maximum Gasteiger partial charge on any atom is 0.428 e. The van der Waals surface area contributed by atoms with E-state index in [9.17, 15) is 27.9 Å². The molecule has 13 heteroatoms. The van der Waals surface area contributed by atoms with Gasteiger partial charge in [0, 0.05) is 34.3 Å². The van der Waals surface area contributed by atoms with Crippen LogP contribution in [0.2, 0.25) is 10.0 Å². The van der Waals surface area contributed by atoms with E-state index in [0.717, 1.165) is 18.2 Å². The number of alkyl halides is 3. The lowest BCUT2D eigenvalue weighted by atomic mass is 9.91. The molecule has 0 spiro atoms. The van der Waals surface area contributed by atoms with Crippen molar-refractivity contribution in [3.05, 3.63) is 74.8 Å². The highest BCUT2D eigenvalue weighted by atomic mass is 35.5. The summed E-state index contributed by atoms with van der Waals surface area (Å²) in [4.78, 5) is 29.4. The first-order chi connectivity index (χ1) is 18.0. The number of rotatable bonds is 7. The van der Waals surface area contributed by atoms with Crippen LogP contribution in [0.25, 0.3) is 5.70 Å². The van der Waals surface area contributed by atoms with Gasteiger partial charge in [0.15, 0.2) is 0 Å². The number of ether oxygens (including phenoxy) is 1. The molecule has 39 heavy (non-hydrogen) atoms. The van der Waals surface area contributed by atoms with Gasteiger partial charge in [0.2, 0.25) is 5.60 Å². The molecule has 3 rings (SSSR count). The molecule has 0 bridgehead atoms. The zero-order valence-corrected chi connectivity index (χ0v) is 23.0. The molecule has 1 aliphatic heterocycles. The van der Waals surface area contributed by atoms with E-state index >= 15 is 0 Å². The van der Waals surface area contributed by atoms with Crippen molar-refractivity contribution in [2.24, 2.45) is 0 Å². The number of carbonyl (C=O) groups is 2. The van der Waals surface area contributed by atoms with Gasteiger partial charge >= 0.3 is 12.3 Å². The molecule has 0 saturated heterocycles. The van der Waals surface area contributed by atoms with Crippen molar-refractivity contribution in [2.75, 3.05) is 13.1 Å². The lowest BCUT2D eigenvalue weighted by Crippen LogP contribution is -2.42. The number of halogens is 5. The quantitative estimate of drug-likeness (QED) is 0.351. The van der Waals surface area contributed by atoms with Crippen molar-refractivity contribution in [1.82, 2.24) is 16.1 Å². The van der Waals surface area contributed by atoms with E-state index in [2.05, 4.69) is 16.1 Å². The zero-order valence-electron chi connectivity index (χ0n) is 21.5. The normalized spacial score (nSPS) is 18.2. The number of alkyl carbamates (subject to hydrolysis) is 1. The number of aryl methyl sites for hydroxylation is 1. The maximum absolute atomic E-state index is 14.2. The molecule has 2 amide bonds. The van der Waals surface area contributed by atoms with E-state index in [1.54, 1.807) is 27.7 Å². The van der Waals surface area contributed by atoms with Crippen molar-refractivity contribution in [1.29, 1.82) is 0 Å². The Balaban J connectivity index is 1.71. The number of hydrogen-bond donors (Lipinski definition) is 4. The highest BCUT2D eigenvalue weighted by Gasteiger charge is 2.59. The van der Waals surface area contributed by atoms with Crippen LogP contribution in [0.1, 0.15) is 47.8 Å². The molecule has 1 aliphatic rings. The maximum atomic E-state index is 14.2. The average molecular weight is 590 g/mol. The van der Waals surface area contributed by atoms with Crippen molar-refractivity contribution < 1.29 is 37.4 Å². The first kappa shape index (κ1) is 30.6. The second kappa shape index (κ2) is 11.6. The molecule has 0 aliphatic carbocycles. The van der Waals surface area contributed by atoms with Crippen molar-refractivity contribution in [3.8, 4) is 0 Å². The number of hydrogen-bond acceptors (Lipinski definition) is 6. The van der Waals surface area contributed by atoms with Gasteiger partial charge in [-0.3, -0.25) is 15.1 Å². The number of aliphatic hydroxyl groups is 1. The van der Waals surface area contributed by atoms with Gasteiger partial charge in [-0.05, 0) is 75.2 Å². The monoisotopic (exact) mass is 589 g/mol. The highest BCUT2D eigenvalue weighted by molar-refractivity contribution is 6.34. The van der Waals surface area contributed by atoms with E-state index < -0.39 is 35.5 Å². The summed E-state index contributed by atoms with van der Waals surface area (Å²) in [7, 11) is 0. The number of carbonyl (C=O) groups excluding carboxylic acids is 2. The average Bonchev–Trinajstić information content (AvgIpc) is 3.26. The number of benzene rings is 2. The molecule has 0 fully saturated rings. The minimum absolute atomic E-state index is 0.0172. The molecule has 212 valence electrons. The summed E-state index contributed by atoms with van der Waals surface area (Å²) < 4.78 is 47.8. The Morgan fingerprint density at radius 3 is 2.26 bits per heavy atom. The third-order valence-electron chi connectivity index (χ3n) is 5.54. The molecular weight excluding hydrogens is 562 g/mol. The Labute approximate surface area is 233 Å². The van der Waals surface area contributed by atoms with E-state index in [1.165, 1.54) is 24.3 Å². The smallest absolute Gasteiger partial charge is 0.428 e. The molecule has 2 aromatic rings. The van der Waals surface area contributed by atoms with Crippen LogP contribution in [-0.4, -0.2) is 48.1 Å². The second-order valence-electron chi connectivity index (χ2n) is 9.93. The van der Waals surface area contributed by atoms with Gasteiger partial charge in [-0.1, -0.05) is 29.3 Å². The summed E-state index contributed by atoms with van der Waals surface area (Å²) in [5.74, 6) is -0.516. The van der Waals surface area contributed by atoms with Crippen molar-refractivity contribution >= 4 is 40.9 Å². The molecule has 0 saturated carbocycles. The Morgan fingerprint density at radius 2 is 1.69 bits per heavy atom. The first-order valence-corrected chi connectivity index (χ1v) is 12.5. The Kier molecular flexibility index (Phi) is 9.11. The number of hydroxylamine groups is 1. The van der Waals surface area contributed by atoms with E-state index in [0.29, 0.717) is 11.1 Å². The van der Waals surface area contributed by atoms with Gasteiger partial charge in [0.25, 0.3) is 5.91 Å². The molecule has 2 aromatic carbocycles. The number of amides is 2. The highest BCUT2D eigenvalue weighted by Crippen LogP contribution is 2.48. The third kappa shape index (κ3) is 7.57. The van der Waals surface area contributed by atoms with Crippen LogP contribution < -0.4 is 16.1 Å². The van der Waals surface area contributed by atoms with Gasteiger partial charge in [0.05, 0.1) is 11.8 Å². The Hall–Kier alpha value is -2.99. The van der Waals surface area contributed by atoms with Gasteiger partial charge in [-0.2, -0.15) is 13.2 Å². The first-order valence-electron chi connectivity index (χ1n) is 11.7. The largest absolute Gasteiger partial charge is 0.444 e. The summed E-state index contributed by atoms with van der Waals surface area (Å²) >= 11 is 11.9. The molecule has 0 aromatic heterocycles. The minimum atomic E-state index is -4.86. The van der Waals surface area contributed by atoms with Gasteiger partial charge < -0.3 is 20.5 Å². The standard InChI is InChI=1S/C26H28Cl2F3N3O5/c1-14-7-15(5-6-20(14)22(36)32-12-19(35)13-33-23(37)38-24(2,3)4)21-11-25(39-34-21,26(29,30)31)16-8-17(27)10-18(28)9-16/h5-11,19,34-35H,12-13H2,1-4H3,(H,32,36)(H,33,37). The van der Waals surface area contributed by atoms with Crippen LogP contribution >= 0.6 is 23.2 Å². The summed E-state index contributed by atoms with van der Waals surface area (Å²) in [6, 6.07) is 7.98. The molecule has 4 N–H and O–H groups in total. The molecule has 1 heterocycles. The number of aliphatic hydroxyl groups excluding tert-OH is 1. The molecule has 2 atom stereocenters. The Morgan fingerprint density at radius 1 is 1.08 bits per heavy atom.